The number of nitrogens with zero attached hydrogens (tertiary/aromatic N) is 2. The molecule has 2 aromatic carbocycles. The molecule has 2 aliphatic rings. The molecule has 0 aromatic heterocycles. The van der Waals surface area contributed by atoms with Crippen LogP contribution in [-0.2, 0) is 6.54 Å². The van der Waals surface area contributed by atoms with Gasteiger partial charge in [0.25, 0.3) is 5.91 Å². The van der Waals surface area contributed by atoms with E-state index in [1.807, 2.05) is 12.1 Å². The quantitative estimate of drug-likeness (QED) is 0.505. The number of benzene rings is 2. The number of carbonyl (C=O) groups excluding carboxylic acids is 1. The summed E-state index contributed by atoms with van der Waals surface area (Å²) in [6.07, 6.45) is 3.43. The minimum Gasteiger partial charge on any atom is -0.366 e. The molecule has 2 N–H and O–H groups in total. The first-order chi connectivity index (χ1) is 15.7. The number of rotatable bonds is 6. The second-order valence-electron chi connectivity index (χ2n) is 9.07. The molecule has 1 aliphatic heterocycles. The van der Waals surface area contributed by atoms with Crippen LogP contribution >= 0.6 is 23.2 Å². The molecule has 1 amide bonds. The zero-order valence-electron chi connectivity index (χ0n) is 19.7. The Morgan fingerprint density at radius 2 is 1.64 bits per heavy atom. The minimum atomic E-state index is -0.704. The smallest absolute Gasteiger partial charge is 0.251 e. The lowest BCUT2D eigenvalue weighted by molar-refractivity contribution is 0.0975. The van der Waals surface area contributed by atoms with Gasteiger partial charge in [-0.15, -0.1) is 0 Å². The maximum Gasteiger partial charge on any atom is 0.251 e. The van der Waals surface area contributed by atoms with E-state index in [-0.39, 0.29) is 11.6 Å². The lowest BCUT2D eigenvalue weighted by atomic mass is 9.98. The molecule has 0 spiro atoms. The second-order valence-corrected chi connectivity index (χ2v) is 9.94. The summed E-state index contributed by atoms with van der Waals surface area (Å²) in [7, 11) is 0. The maximum atomic E-state index is 14.4. The van der Waals surface area contributed by atoms with Crippen LogP contribution in [0.5, 0.6) is 0 Å². The Kier molecular flexibility index (Phi) is 9.17. The molecule has 180 valence electrons. The molecule has 1 unspecified atom stereocenters. The van der Waals surface area contributed by atoms with Crippen molar-refractivity contribution in [2.24, 2.45) is 5.73 Å². The number of piperazine rings is 1. The van der Waals surface area contributed by atoms with Gasteiger partial charge in [0.15, 0.2) is 0 Å². The topological polar surface area (TPSA) is 49.6 Å². The SMILES string of the molecule is CC(c1cc(Cl)cc(Cl)c1)N1CCN(Cc2cc(F)c(C(N)=O)cc2C2CC2)CC1.CCC. The first-order valence-corrected chi connectivity index (χ1v) is 12.5. The molecule has 0 bridgehead atoms. The van der Waals surface area contributed by atoms with Crippen molar-refractivity contribution in [3.05, 3.63) is 68.4 Å². The molecule has 1 heterocycles. The van der Waals surface area contributed by atoms with Gasteiger partial charge in [0, 0.05) is 48.8 Å². The molecule has 1 atom stereocenters. The van der Waals surface area contributed by atoms with E-state index in [1.165, 1.54) is 12.5 Å². The van der Waals surface area contributed by atoms with Gasteiger partial charge >= 0.3 is 0 Å². The fraction of sp³-hybridized carbons (Fsp3) is 0.500. The minimum absolute atomic E-state index is 0.000484. The van der Waals surface area contributed by atoms with Crippen molar-refractivity contribution < 1.29 is 9.18 Å². The second kappa shape index (κ2) is 11.7. The van der Waals surface area contributed by atoms with E-state index in [0.717, 1.165) is 55.7 Å². The third kappa shape index (κ3) is 6.92. The van der Waals surface area contributed by atoms with Crippen molar-refractivity contribution in [1.82, 2.24) is 9.80 Å². The normalized spacial score (nSPS) is 17.9. The Morgan fingerprint density at radius 1 is 1.06 bits per heavy atom. The summed E-state index contributed by atoms with van der Waals surface area (Å²) in [5, 5.41) is 1.30. The zero-order valence-corrected chi connectivity index (χ0v) is 21.2. The molecule has 2 aromatic rings. The van der Waals surface area contributed by atoms with E-state index in [9.17, 15) is 9.18 Å². The Balaban J connectivity index is 0.000000968. The van der Waals surface area contributed by atoms with E-state index in [0.29, 0.717) is 22.5 Å². The molecular weight excluding hydrogens is 460 g/mol. The number of nitrogens with two attached hydrogens (primary N) is 1. The maximum absolute atomic E-state index is 14.4. The number of amides is 1. The van der Waals surface area contributed by atoms with E-state index in [2.05, 4.69) is 30.6 Å². The molecule has 0 radical (unpaired) electrons. The van der Waals surface area contributed by atoms with Gasteiger partial charge in [-0.1, -0.05) is 43.5 Å². The van der Waals surface area contributed by atoms with E-state index < -0.39 is 11.7 Å². The first-order valence-electron chi connectivity index (χ1n) is 11.8. The third-order valence-electron chi connectivity index (χ3n) is 6.23. The van der Waals surface area contributed by atoms with Crippen molar-refractivity contribution in [3.8, 4) is 0 Å². The fourth-order valence-corrected chi connectivity index (χ4v) is 4.85. The van der Waals surface area contributed by atoms with Crippen molar-refractivity contribution in [3.63, 3.8) is 0 Å². The Labute approximate surface area is 206 Å². The van der Waals surface area contributed by atoms with Crippen LogP contribution in [0.1, 0.15) is 79.0 Å². The molecule has 1 saturated heterocycles. The Morgan fingerprint density at radius 3 is 2.15 bits per heavy atom. The summed E-state index contributed by atoms with van der Waals surface area (Å²) in [5.41, 5.74) is 8.50. The number of primary amides is 1. The van der Waals surface area contributed by atoms with Crippen LogP contribution in [0.15, 0.2) is 30.3 Å². The standard InChI is InChI=1S/C23H26Cl2FN3O.C3H8/c1-14(16-8-18(24)11-19(25)9-16)29-6-4-28(5-7-29)13-17-10-22(26)21(23(27)30)12-20(17)15-2-3-15;1-3-2/h8-12,14-15H,2-7,13H2,1H3,(H2,27,30);3H2,1-2H3. The van der Waals surface area contributed by atoms with Crippen molar-refractivity contribution in [2.45, 2.75) is 58.5 Å². The highest BCUT2D eigenvalue weighted by molar-refractivity contribution is 6.34. The molecule has 2 fully saturated rings. The molecule has 33 heavy (non-hydrogen) atoms. The van der Waals surface area contributed by atoms with Gasteiger partial charge in [0.1, 0.15) is 5.82 Å². The number of carbonyl (C=O) groups is 1. The van der Waals surface area contributed by atoms with Crippen LogP contribution in [0.2, 0.25) is 10.0 Å². The summed E-state index contributed by atoms with van der Waals surface area (Å²) in [4.78, 5) is 16.3. The van der Waals surface area contributed by atoms with Gasteiger partial charge in [-0.25, -0.2) is 4.39 Å². The van der Waals surface area contributed by atoms with Crippen molar-refractivity contribution >= 4 is 29.1 Å². The predicted octanol–water partition coefficient (Wildman–Crippen LogP) is 6.40. The van der Waals surface area contributed by atoms with Crippen molar-refractivity contribution in [1.29, 1.82) is 0 Å². The fourth-order valence-electron chi connectivity index (χ4n) is 4.31. The van der Waals surface area contributed by atoms with Crippen LogP contribution < -0.4 is 5.73 Å². The number of hydrogen-bond acceptors (Lipinski definition) is 3. The molecule has 1 aliphatic carbocycles. The van der Waals surface area contributed by atoms with Crippen LogP contribution in [-0.4, -0.2) is 41.9 Å². The highest BCUT2D eigenvalue weighted by Crippen LogP contribution is 2.42. The Hall–Kier alpha value is -1.66. The zero-order chi connectivity index (χ0) is 24.1. The molecule has 4 nitrogen and oxygen atoms in total. The summed E-state index contributed by atoms with van der Waals surface area (Å²) < 4.78 is 14.4. The van der Waals surface area contributed by atoms with Gasteiger partial charge in [-0.05, 0) is 72.7 Å². The van der Waals surface area contributed by atoms with E-state index >= 15 is 0 Å². The first kappa shape index (κ1) is 26.0. The summed E-state index contributed by atoms with van der Waals surface area (Å²) in [6.45, 7) is 10.7. The summed E-state index contributed by atoms with van der Waals surface area (Å²) >= 11 is 12.3. The van der Waals surface area contributed by atoms with Crippen LogP contribution in [0.25, 0.3) is 0 Å². The van der Waals surface area contributed by atoms with Gasteiger partial charge < -0.3 is 5.73 Å². The van der Waals surface area contributed by atoms with Gasteiger partial charge in [0.05, 0.1) is 5.56 Å². The average Bonchev–Trinajstić information content (AvgIpc) is 3.59. The molecular formula is C26H34Cl2FN3O. The molecule has 7 heteroatoms. The van der Waals surface area contributed by atoms with Crippen LogP contribution in [0, 0.1) is 5.82 Å². The highest BCUT2D eigenvalue weighted by atomic mass is 35.5. The van der Waals surface area contributed by atoms with Crippen LogP contribution in [0.3, 0.4) is 0 Å². The highest BCUT2D eigenvalue weighted by Gasteiger charge is 2.29. The van der Waals surface area contributed by atoms with Gasteiger partial charge in [0.2, 0.25) is 0 Å². The largest absolute Gasteiger partial charge is 0.366 e. The van der Waals surface area contributed by atoms with Crippen LogP contribution in [0.4, 0.5) is 4.39 Å². The molecule has 4 rings (SSSR count). The van der Waals surface area contributed by atoms with E-state index in [4.69, 9.17) is 28.9 Å². The third-order valence-corrected chi connectivity index (χ3v) is 6.66. The van der Waals surface area contributed by atoms with E-state index in [1.54, 1.807) is 12.1 Å². The summed E-state index contributed by atoms with van der Waals surface area (Å²) in [6, 6.07) is 9.09. The lowest BCUT2D eigenvalue weighted by Crippen LogP contribution is -2.46. The monoisotopic (exact) mass is 493 g/mol. The summed E-state index contributed by atoms with van der Waals surface area (Å²) in [5.74, 6) is -0.802. The van der Waals surface area contributed by atoms with Crippen molar-refractivity contribution in [2.75, 3.05) is 26.2 Å². The predicted molar refractivity (Wildman–Crippen MR) is 135 cm³/mol. The Bertz CT molecular complexity index is 952. The average molecular weight is 494 g/mol. The number of hydrogen-bond donors (Lipinski definition) is 1. The lowest BCUT2D eigenvalue weighted by Gasteiger charge is -2.38. The molecule has 1 saturated carbocycles. The van der Waals surface area contributed by atoms with Gasteiger partial charge in [-0.3, -0.25) is 14.6 Å². The van der Waals surface area contributed by atoms with Gasteiger partial charge in [-0.2, -0.15) is 0 Å². The number of halogens is 3.